The molecule has 3 aliphatic rings. The van der Waals surface area contributed by atoms with Gasteiger partial charge in [0.2, 0.25) is 0 Å². The van der Waals surface area contributed by atoms with Gasteiger partial charge in [-0.2, -0.15) is 0 Å². The van der Waals surface area contributed by atoms with Gasteiger partial charge in [-0.15, -0.1) is 0 Å². The summed E-state index contributed by atoms with van der Waals surface area (Å²) in [7, 11) is 0. The molecule has 5 rings (SSSR count). The SMILES string of the molecule is CCOC(=O)CCC(=O)c1nc2ccccc2n([C@@H](C)C[C@@H]2CCCCN2C2CC3CCCC(C3)C2)c1=O. The Labute approximate surface area is 225 Å². The lowest BCUT2D eigenvalue weighted by Gasteiger charge is -2.48. The first kappa shape index (κ1) is 27.0. The Balaban J connectivity index is 1.39. The molecule has 1 aromatic heterocycles. The van der Waals surface area contributed by atoms with E-state index in [9.17, 15) is 14.4 Å². The van der Waals surface area contributed by atoms with Crippen molar-refractivity contribution >= 4 is 22.8 Å². The van der Waals surface area contributed by atoms with Crippen LogP contribution in [0, 0.1) is 11.8 Å². The predicted molar refractivity (Wildman–Crippen MR) is 148 cm³/mol. The Morgan fingerprint density at radius 1 is 1.03 bits per heavy atom. The first-order valence-corrected chi connectivity index (χ1v) is 14.9. The Kier molecular flexibility index (Phi) is 8.61. The molecule has 0 radical (unpaired) electrons. The van der Waals surface area contributed by atoms with E-state index in [-0.39, 0.29) is 36.7 Å². The van der Waals surface area contributed by atoms with Gasteiger partial charge in [-0.1, -0.05) is 37.8 Å². The molecule has 4 atom stereocenters. The Morgan fingerprint density at radius 3 is 2.55 bits per heavy atom. The quantitative estimate of drug-likeness (QED) is 0.311. The number of rotatable bonds is 9. The Morgan fingerprint density at radius 2 is 1.79 bits per heavy atom. The molecular formula is C31H43N3O4. The summed E-state index contributed by atoms with van der Waals surface area (Å²) in [5.41, 5.74) is 0.987. The number of benzene rings is 1. The van der Waals surface area contributed by atoms with Gasteiger partial charge in [0.25, 0.3) is 5.56 Å². The maximum atomic E-state index is 13.7. The van der Waals surface area contributed by atoms with Crippen LogP contribution in [0.25, 0.3) is 11.0 Å². The van der Waals surface area contributed by atoms with Gasteiger partial charge in [0, 0.05) is 24.5 Å². The fourth-order valence-electron chi connectivity index (χ4n) is 7.56. The number of carbonyl (C=O) groups is 2. The molecule has 3 fully saturated rings. The average molecular weight is 522 g/mol. The number of fused-ring (bicyclic) bond motifs is 3. The number of piperidine rings is 1. The molecule has 0 spiro atoms. The van der Waals surface area contributed by atoms with Crippen LogP contribution in [-0.4, -0.2) is 51.4 Å². The van der Waals surface area contributed by atoms with Crippen molar-refractivity contribution < 1.29 is 14.3 Å². The van der Waals surface area contributed by atoms with Crippen molar-refractivity contribution in [2.75, 3.05) is 13.2 Å². The average Bonchev–Trinajstić information content (AvgIpc) is 2.91. The van der Waals surface area contributed by atoms with Crippen LogP contribution in [0.15, 0.2) is 29.1 Å². The molecular weight excluding hydrogens is 478 g/mol. The molecule has 2 aliphatic carbocycles. The minimum atomic E-state index is -0.431. The summed E-state index contributed by atoms with van der Waals surface area (Å²) in [4.78, 5) is 45.9. The van der Waals surface area contributed by atoms with E-state index in [1.54, 1.807) is 11.5 Å². The standard InChI is InChI=1S/C31H43N3O4/c1-3-38-29(36)15-14-28(35)30-31(37)34(27-13-5-4-12-26(27)32-30)21(2)17-24-11-6-7-16-33(24)25-19-22-9-8-10-23(18-22)20-25/h4-5,12-13,21-25H,3,6-11,14-20H2,1-2H3/t21-,22?,23?,24-,25?/m0/s1. The van der Waals surface area contributed by atoms with Crippen molar-refractivity contribution in [3.05, 3.63) is 40.3 Å². The molecule has 0 N–H and O–H groups in total. The third kappa shape index (κ3) is 5.88. The second kappa shape index (κ2) is 12.1. The molecule has 2 unspecified atom stereocenters. The van der Waals surface area contributed by atoms with E-state index < -0.39 is 11.8 Å². The van der Waals surface area contributed by atoms with Crippen LogP contribution in [0.2, 0.25) is 0 Å². The Bertz CT molecular complexity index is 1200. The molecule has 7 nitrogen and oxygen atoms in total. The highest BCUT2D eigenvalue weighted by molar-refractivity contribution is 5.97. The van der Waals surface area contributed by atoms with Crippen LogP contribution in [-0.2, 0) is 9.53 Å². The lowest BCUT2D eigenvalue weighted by Crippen LogP contribution is -2.50. The van der Waals surface area contributed by atoms with Gasteiger partial charge >= 0.3 is 5.97 Å². The van der Waals surface area contributed by atoms with E-state index in [0.29, 0.717) is 17.6 Å². The molecule has 7 heteroatoms. The number of Topliss-reactive ketones (excluding diaryl/α,β-unsaturated/α-hetero) is 1. The zero-order valence-corrected chi connectivity index (χ0v) is 23.1. The van der Waals surface area contributed by atoms with E-state index in [2.05, 4.69) is 16.8 Å². The summed E-state index contributed by atoms with van der Waals surface area (Å²) in [5.74, 6) is 0.951. The number of para-hydroxylation sites is 2. The molecule has 2 aromatic rings. The van der Waals surface area contributed by atoms with Crippen molar-refractivity contribution in [3.63, 3.8) is 0 Å². The van der Waals surface area contributed by atoms with Crippen molar-refractivity contribution in [3.8, 4) is 0 Å². The zero-order valence-electron chi connectivity index (χ0n) is 23.1. The largest absolute Gasteiger partial charge is 0.466 e. The van der Waals surface area contributed by atoms with Crippen LogP contribution in [0.1, 0.15) is 107 Å². The minimum absolute atomic E-state index is 0.0451. The fourth-order valence-corrected chi connectivity index (χ4v) is 7.56. The van der Waals surface area contributed by atoms with E-state index in [4.69, 9.17) is 4.74 Å². The lowest BCUT2D eigenvalue weighted by atomic mass is 9.69. The number of aromatic nitrogens is 2. The molecule has 2 saturated carbocycles. The highest BCUT2D eigenvalue weighted by atomic mass is 16.5. The van der Waals surface area contributed by atoms with E-state index in [1.165, 1.54) is 57.8 Å². The molecule has 1 saturated heterocycles. The van der Waals surface area contributed by atoms with Gasteiger partial charge in [0.1, 0.15) is 0 Å². The second-order valence-electron chi connectivity index (χ2n) is 11.8. The third-order valence-electron chi connectivity index (χ3n) is 9.22. The zero-order chi connectivity index (χ0) is 26.6. The highest BCUT2D eigenvalue weighted by Crippen LogP contribution is 2.43. The van der Waals surface area contributed by atoms with E-state index in [0.717, 1.165) is 30.3 Å². The maximum Gasteiger partial charge on any atom is 0.306 e. The summed E-state index contributed by atoms with van der Waals surface area (Å²) in [6, 6.07) is 8.63. The molecule has 2 heterocycles. The number of ether oxygens (including phenoxy) is 1. The van der Waals surface area contributed by atoms with Crippen LogP contribution in [0.5, 0.6) is 0 Å². The molecule has 0 amide bonds. The smallest absolute Gasteiger partial charge is 0.306 e. The highest BCUT2D eigenvalue weighted by Gasteiger charge is 2.38. The van der Waals surface area contributed by atoms with Crippen molar-refractivity contribution in [1.29, 1.82) is 0 Å². The van der Waals surface area contributed by atoms with E-state index >= 15 is 0 Å². The number of hydrogen-bond acceptors (Lipinski definition) is 6. The number of esters is 1. The van der Waals surface area contributed by atoms with Gasteiger partial charge in [-0.25, -0.2) is 4.98 Å². The topological polar surface area (TPSA) is 81.5 Å². The summed E-state index contributed by atoms with van der Waals surface area (Å²) in [6.07, 6.45) is 12.7. The van der Waals surface area contributed by atoms with Gasteiger partial charge < -0.3 is 9.30 Å². The summed E-state index contributed by atoms with van der Waals surface area (Å²) >= 11 is 0. The van der Waals surface area contributed by atoms with Gasteiger partial charge in [0.15, 0.2) is 11.5 Å². The summed E-state index contributed by atoms with van der Waals surface area (Å²) in [6.45, 7) is 5.28. The normalized spacial score (nSPS) is 26.7. The molecule has 1 aliphatic heterocycles. The van der Waals surface area contributed by atoms with Crippen molar-refractivity contribution in [2.24, 2.45) is 11.8 Å². The van der Waals surface area contributed by atoms with E-state index in [1.807, 2.05) is 24.3 Å². The third-order valence-corrected chi connectivity index (χ3v) is 9.22. The van der Waals surface area contributed by atoms with Gasteiger partial charge in [-0.05, 0) is 82.9 Å². The van der Waals surface area contributed by atoms with Crippen LogP contribution >= 0.6 is 0 Å². The Hall–Kier alpha value is -2.54. The number of carbonyl (C=O) groups excluding carboxylic acids is 2. The van der Waals surface area contributed by atoms with Crippen molar-refractivity contribution in [1.82, 2.24) is 14.5 Å². The summed E-state index contributed by atoms with van der Waals surface area (Å²) in [5, 5.41) is 0. The maximum absolute atomic E-state index is 13.7. The number of ketones is 1. The molecule has 2 bridgehead atoms. The molecule has 1 aromatic carbocycles. The first-order chi connectivity index (χ1) is 18.4. The monoisotopic (exact) mass is 521 g/mol. The van der Waals surface area contributed by atoms with Crippen LogP contribution in [0.4, 0.5) is 0 Å². The first-order valence-electron chi connectivity index (χ1n) is 14.9. The van der Waals surface area contributed by atoms with Crippen LogP contribution in [0.3, 0.4) is 0 Å². The second-order valence-corrected chi connectivity index (χ2v) is 11.8. The lowest BCUT2D eigenvalue weighted by molar-refractivity contribution is -0.143. The molecule has 38 heavy (non-hydrogen) atoms. The molecule has 206 valence electrons. The fraction of sp³-hybridized carbons (Fsp3) is 0.677. The minimum Gasteiger partial charge on any atom is -0.466 e. The number of hydrogen-bond donors (Lipinski definition) is 0. The van der Waals surface area contributed by atoms with Crippen molar-refractivity contribution in [2.45, 2.75) is 109 Å². The van der Waals surface area contributed by atoms with Crippen LogP contribution < -0.4 is 5.56 Å². The summed E-state index contributed by atoms with van der Waals surface area (Å²) < 4.78 is 6.75. The van der Waals surface area contributed by atoms with Gasteiger partial charge in [0.05, 0.1) is 24.1 Å². The number of nitrogens with zero attached hydrogens (tertiary/aromatic N) is 3. The van der Waals surface area contributed by atoms with Gasteiger partial charge in [-0.3, -0.25) is 19.3 Å². The predicted octanol–water partition coefficient (Wildman–Crippen LogP) is 5.70. The number of likely N-dealkylation sites (tertiary alicyclic amines) is 1.